The summed E-state index contributed by atoms with van der Waals surface area (Å²) in [6, 6.07) is 0.517. The second kappa shape index (κ2) is 4.40. The predicted octanol–water partition coefficient (Wildman–Crippen LogP) is 1.68. The second-order valence-corrected chi connectivity index (χ2v) is 5.86. The molecule has 0 aromatic rings. The summed E-state index contributed by atoms with van der Waals surface area (Å²) in [5, 5.41) is 0. The van der Waals surface area contributed by atoms with Crippen LogP contribution in [0.15, 0.2) is 0 Å². The number of hydrogen-bond donors (Lipinski definition) is 2. The van der Waals surface area contributed by atoms with Gasteiger partial charge in [-0.1, -0.05) is 13.8 Å². The Morgan fingerprint density at radius 3 is 2.47 bits per heavy atom. The number of nitrogens with one attached hydrogen (secondary N) is 1. The van der Waals surface area contributed by atoms with Gasteiger partial charge in [0.1, 0.15) is 0 Å². The van der Waals surface area contributed by atoms with E-state index >= 15 is 0 Å². The molecule has 0 aromatic heterocycles. The van der Waals surface area contributed by atoms with Crippen molar-refractivity contribution in [1.29, 1.82) is 0 Å². The van der Waals surface area contributed by atoms with Crippen molar-refractivity contribution in [2.24, 2.45) is 23.1 Å². The zero-order chi connectivity index (χ0) is 10.9. The minimum atomic E-state index is 0.516. The van der Waals surface area contributed by atoms with Gasteiger partial charge in [-0.15, -0.1) is 0 Å². The first-order valence-corrected chi connectivity index (χ1v) is 6.17. The third-order valence-corrected chi connectivity index (χ3v) is 4.22. The van der Waals surface area contributed by atoms with E-state index in [2.05, 4.69) is 19.3 Å². The maximum Gasteiger partial charge on any atom is 0.0468 e. The first-order chi connectivity index (χ1) is 7.13. The van der Waals surface area contributed by atoms with Gasteiger partial charge >= 0.3 is 0 Å². The Morgan fingerprint density at radius 2 is 2.00 bits per heavy atom. The van der Waals surface area contributed by atoms with Crippen molar-refractivity contribution in [3.05, 3.63) is 0 Å². The number of nitrogens with two attached hydrogens (primary N) is 1. The fourth-order valence-electron chi connectivity index (χ4n) is 2.88. The molecule has 2 aliphatic rings. The first-order valence-electron chi connectivity index (χ1n) is 6.17. The summed E-state index contributed by atoms with van der Waals surface area (Å²) in [5.41, 5.74) is 3.54. The monoisotopic (exact) mass is 212 g/mol. The molecule has 0 radical (unpaired) electrons. The molecule has 0 bridgehead atoms. The van der Waals surface area contributed by atoms with Crippen molar-refractivity contribution in [3.63, 3.8) is 0 Å². The molecule has 0 amide bonds. The minimum Gasteiger partial charge on any atom is -0.381 e. The molecule has 3 heteroatoms. The van der Waals surface area contributed by atoms with Crippen LogP contribution in [0.5, 0.6) is 0 Å². The molecule has 1 saturated heterocycles. The van der Waals surface area contributed by atoms with Gasteiger partial charge < -0.3 is 4.74 Å². The first kappa shape index (κ1) is 11.4. The number of ether oxygens (including phenoxy) is 1. The van der Waals surface area contributed by atoms with Crippen LogP contribution in [0.1, 0.15) is 39.5 Å². The van der Waals surface area contributed by atoms with Crippen molar-refractivity contribution < 1.29 is 4.74 Å². The van der Waals surface area contributed by atoms with Crippen LogP contribution < -0.4 is 11.3 Å². The van der Waals surface area contributed by atoms with E-state index in [0.717, 1.165) is 25.0 Å². The lowest BCUT2D eigenvalue weighted by Gasteiger charge is -2.27. The van der Waals surface area contributed by atoms with Crippen LogP contribution in [0.4, 0.5) is 0 Å². The van der Waals surface area contributed by atoms with E-state index in [1.54, 1.807) is 0 Å². The Morgan fingerprint density at radius 1 is 1.40 bits per heavy atom. The van der Waals surface area contributed by atoms with Crippen LogP contribution in [0.3, 0.4) is 0 Å². The van der Waals surface area contributed by atoms with Crippen molar-refractivity contribution in [1.82, 2.24) is 5.43 Å². The highest BCUT2D eigenvalue weighted by Gasteiger charge is 2.50. The molecular formula is C12H24N2O. The van der Waals surface area contributed by atoms with E-state index in [9.17, 15) is 0 Å². The molecule has 2 rings (SSSR count). The highest BCUT2D eigenvalue weighted by Crippen LogP contribution is 2.54. The molecule has 3 nitrogen and oxygen atoms in total. The third-order valence-electron chi connectivity index (χ3n) is 4.22. The van der Waals surface area contributed by atoms with E-state index in [1.165, 1.54) is 25.7 Å². The molecule has 1 aliphatic heterocycles. The third kappa shape index (κ3) is 2.71. The lowest BCUT2D eigenvalue weighted by atomic mass is 9.89. The van der Waals surface area contributed by atoms with Crippen molar-refractivity contribution in [2.75, 3.05) is 13.2 Å². The number of hydrazine groups is 1. The van der Waals surface area contributed by atoms with E-state index in [0.29, 0.717) is 11.5 Å². The Kier molecular flexibility index (Phi) is 3.33. The summed E-state index contributed by atoms with van der Waals surface area (Å²) in [6.45, 7) is 6.56. The zero-order valence-corrected chi connectivity index (χ0v) is 9.96. The van der Waals surface area contributed by atoms with Gasteiger partial charge in [-0.25, -0.2) is 0 Å². The summed E-state index contributed by atoms with van der Waals surface area (Å²) in [6.07, 6.45) is 4.98. The predicted molar refractivity (Wildman–Crippen MR) is 61.2 cm³/mol. The van der Waals surface area contributed by atoms with E-state index in [-0.39, 0.29) is 0 Å². The molecule has 1 aliphatic carbocycles. The highest BCUT2D eigenvalue weighted by atomic mass is 16.5. The maximum absolute atomic E-state index is 5.67. The average molecular weight is 212 g/mol. The molecule has 88 valence electrons. The Hall–Kier alpha value is -0.120. The molecule has 2 unspecified atom stereocenters. The fourth-order valence-corrected chi connectivity index (χ4v) is 2.88. The Labute approximate surface area is 92.7 Å². The van der Waals surface area contributed by atoms with Gasteiger partial charge in [-0.3, -0.25) is 11.3 Å². The molecule has 3 N–H and O–H groups in total. The van der Waals surface area contributed by atoms with Crippen molar-refractivity contribution in [3.8, 4) is 0 Å². The van der Waals surface area contributed by atoms with E-state index in [4.69, 9.17) is 10.6 Å². The largest absolute Gasteiger partial charge is 0.381 e. The summed E-state index contributed by atoms with van der Waals surface area (Å²) in [4.78, 5) is 0. The topological polar surface area (TPSA) is 47.3 Å². The second-order valence-electron chi connectivity index (χ2n) is 5.86. The van der Waals surface area contributed by atoms with Gasteiger partial charge in [0.05, 0.1) is 0 Å². The lowest BCUT2D eigenvalue weighted by Crippen LogP contribution is -2.40. The SMILES string of the molecule is CC1(C)CC1C(CC1CCOCC1)NN. The van der Waals surface area contributed by atoms with E-state index < -0.39 is 0 Å². The summed E-state index contributed by atoms with van der Waals surface area (Å²) >= 11 is 0. The van der Waals surface area contributed by atoms with Crippen molar-refractivity contribution >= 4 is 0 Å². The smallest absolute Gasteiger partial charge is 0.0468 e. The fraction of sp³-hybridized carbons (Fsp3) is 1.00. The maximum atomic E-state index is 5.67. The van der Waals surface area contributed by atoms with Gasteiger partial charge in [-0.05, 0) is 42.9 Å². The molecule has 1 saturated carbocycles. The van der Waals surface area contributed by atoms with Gasteiger partial charge in [0, 0.05) is 19.3 Å². The Bertz CT molecular complexity index is 212. The molecule has 0 aromatic carbocycles. The lowest BCUT2D eigenvalue weighted by molar-refractivity contribution is 0.0591. The van der Waals surface area contributed by atoms with Crippen LogP contribution in [0.2, 0.25) is 0 Å². The molecule has 2 fully saturated rings. The van der Waals surface area contributed by atoms with Crippen LogP contribution in [-0.2, 0) is 4.74 Å². The number of rotatable bonds is 4. The number of hydrogen-bond acceptors (Lipinski definition) is 3. The van der Waals surface area contributed by atoms with Gasteiger partial charge in [0.2, 0.25) is 0 Å². The van der Waals surface area contributed by atoms with Crippen LogP contribution in [0.25, 0.3) is 0 Å². The average Bonchev–Trinajstić information content (AvgIpc) is 2.86. The van der Waals surface area contributed by atoms with Gasteiger partial charge in [0.25, 0.3) is 0 Å². The molecule has 15 heavy (non-hydrogen) atoms. The molecular weight excluding hydrogens is 188 g/mol. The van der Waals surface area contributed by atoms with Crippen molar-refractivity contribution in [2.45, 2.75) is 45.6 Å². The van der Waals surface area contributed by atoms with Crippen LogP contribution in [-0.4, -0.2) is 19.3 Å². The highest BCUT2D eigenvalue weighted by molar-refractivity contribution is 5.01. The minimum absolute atomic E-state index is 0.516. The normalized spacial score (nSPS) is 32.6. The van der Waals surface area contributed by atoms with Gasteiger partial charge in [-0.2, -0.15) is 0 Å². The summed E-state index contributed by atoms with van der Waals surface area (Å²) in [5.74, 6) is 7.27. The summed E-state index contributed by atoms with van der Waals surface area (Å²) in [7, 11) is 0. The molecule has 1 heterocycles. The van der Waals surface area contributed by atoms with E-state index in [1.807, 2.05) is 0 Å². The van der Waals surface area contributed by atoms with Gasteiger partial charge in [0.15, 0.2) is 0 Å². The zero-order valence-electron chi connectivity index (χ0n) is 9.96. The summed E-state index contributed by atoms with van der Waals surface area (Å²) < 4.78 is 5.38. The van der Waals surface area contributed by atoms with Crippen LogP contribution >= 0.6 is 0 Å². The Balaban J connectivity index is 1.80. The molecule has 0 spiro atoms. The molecule has 2 atom stereocenters. The quantitative estimate of drug-likeness (QED) is 0.550. The van der Waals surface area contributed by atoms with Crippen LogP contribution in [0, 0.1) is 17.3 Å². The standard InChI is InChI=1S/C12H24N2O/c1-12(2)8-10(12)11(14-13)7-9-3-5-15-6-4-9/h9-11,14H,3-8,13H2,1-2H3.